The maximum absolute atomic E-state index is 15.6. The average Bonchev–Trinajstić information content (AvgIpc) is 2.63. The minimum atomic E-state index is -2.59. The van der Waals surface area contributed by atoms with Crippen LogP contribution in [0.5, 0.6) is 5.75 Å². The topological polar surface area (TPSA) is 18.5 Å². The molecule has 0 N–H and O–H groups in total. The van der Waals surface area contributed by atoms with Gasteiger partial charge < -0.3 is 9.05 Å². The molecule has 1 heterocycles. The maximum atomic E-state index is 15.6. The molecule has 4 heteroatoms. The molecule has 0 fully saturated rings. The second kappa shape index (κ2) is 8.65. The zero-order chi connectivity index (χ0) is 26.0. The standard InChI is InChI=1S/C30H46FO2P/c1-18-21-14-19(27(2,3)4)16-23(29(8,9)10)25(21)32-34(31)33-26-22(18)15-20(28(5,6)7)17-24(26)30(11,12)13/h14,16-18,22H,15H2,1-13H3. The molecule has 3 unspecified atom stereocenters. The number of hydrogen-bond donors (Lipinski definition) is 0. The summed E-state index contributed by atoms with van der Waals surface area (Å²) in [7, 11) is -2.59. The predicted molar refractivity (Wildman–Crippen MR) is 144 cm³/mol. The van der Waals surface area contributed by atoms with Crippen LogP contribution < -0.4 is 4.52 Å². The molecular formula is C30H46FO2P. The fraction of sp³-hybridized carbons (Fsp3) is 0.667. The summed E-state index contributed by atoms with van der Waals surface area (Å²) in [6, 6.07) is 4.49. The van der Waals surface area contributed by atoms with Crippen LogP contribution in [0.1, 0.15) is 119 Å². The molecule has 3 rings (SSSR count). The van der Waals surface area contributed by atoms with E-state index in [2.05, 4.69) is 108 Å². The van der Waals surface area contributed by atoms with Gasteiger partial charge in [0.1, 0.15) is 11.5 Å². The lowest BCUT2D eigenvalue weighted by atomic mass is 9.67. The van der Waals surface area contributed by atoms with Crippen molar-refractivity contribution in [1.29, 1.82) is 0 Å². The highest BCUT2D eigenvalue weighted by Gasteiger charge is 2.42. The number of allylic oxidation sites excluding steroid dienone is 4. The van der Waals surface area contributed by atoms with E-state index in [1.54, 1.807) is 0 Å². The molecule has 0 spiro atoms. The van der Waals surface area contributed by atoms with E-state index in [-0.39, 0.29) is 33.5 Å². The van der Waals surface area contributed by atoms with Gasteiger partial charge in [-0.15, -0.1) is 4.20 Å². The van der Waals surface area contributed by atoms with Crippen LogP contribution in [0.2, 0.25) is 0 Å². The van der Waals surface area contributed by atoms with Crippen LogP contribution in [0, 0.1) is 16.7 Å². The molecule has 34 heavy (non-hydrogen) atoms. The summed E-state index contributed by atoms with van der Waals surface area (Å²) in [6.07, 6.45) is 3.14. The van der Waals surface area contributed by atoms with Crippen LogP contribution >= 0.6 is 8.69 Å². The zero-order valence-corrected chi connectivity index (χ0v) is 24.6. The van der Waals surface area contributed by atoms with Crippen LogP contribution in [0.25, 0.3) is 0 Å². The van der Waals surface area contributed by atoms with Crippen LogP contribution in [-0.4, -0.2) is 0 Å². The van der Waals surface area contributed by atoms with Crippen molar-refractivity contribution >= 4 is 8.69 Å². The van der Waals surface area contributed by atoms with Gasteiger partial charge in [0.25, 0.3) is 0 Å². The van der Waals surface area contributed by atoms with Crippen molar-refractivity contribution in [3.8, 4) is 5.75 Å². The van der Waals surface area contributed by atoms with Gasteiger partial charge in [0, 0.05) is 11.5 Å². The Morgan fingerprint density at radius 2 is 1.38 bits per heavy atom. The van der Waals surface area contributed by atoms with Gasteiger partial charge in [-0.25, -0.2) is 0 Å². The minimum Gasteiger partial charge on any atom is -0.419 e. The van der Waals surface area contributed by atoms with Crippen LogP contribution in [0.15, 0.2) is 35.1 Å². The molecule has 1 aliphatic carbocycles. The lowest BCUT2D eigenvalue weighted by molar-refractivity contribution is 0.254. The summed E-state index contributed by atoms with van der Waals surface area (Å²) in [4.78, 5) is 0. The summed E-state index contributed by atoms with van der Waals surface area (Å²) in [5, 5.41) is 0. The normalized spacial score (nSPS) is 24.3. The third kappa shape index (κ3) is 5.40. The van der Waals surface area contributed by atoms with E-state index in [1.807, 2.05) is 0 Å². The number of fused-ring (bicyclic) bond motifs is 2. The molecule has 0 aromatic heterocycles. The van der Waals surface area contributed by atoms with Gasteiger partial charge in [-0.3, -0.25) is 0 Å². The largest absolute Gasteiger partial charge is 0.505 e. The molecule has 0 saturated carbocycles. The average molecular weight is 489 g/mol. The van der Waals surface area contributed by atoms with Gasteiger partial charge in [0.05, 0.1) is 0 Å². The Labute approximate surface area is 209 Å². The van der Waals surface area contributed by atoms with Crippen LogP contribution in [-0.2, 0) is 15.4 Å². The summed E-state index contributed by atoms with van der Waals surface area (Å²) in [6.45, 7) is 28.9. The smallest absolute Gasteiger partial charge is 0.419 e. The van der Waals surface area contributed by atoms with Gasteiger partial charge in [0.2, 0.25) is 0 Å². The third-order valence-electron chi connectivity index (χ3n) is 7.35. The third-order valence-corrected chi connectivity index (χ3v) is 8.02. The summed E-state index contributed by atoms with van der Waals surface area (Å²) >= 11 is 0. The van der Waals surface area contributed by atoms with Crippen LogP contribution in [0.3, 0.4) is 0 Å². The highest BCUT2D eigenvalue weighted by atomic mass is 31.2. The predicted octanol–water partition coefficient (Wildman–Crippen LogP) is 10.3. The van der Waals surface area contributed by atoms with E-state index in [1.165, 1.54) is 11.1 Å². The van der Waals surface area contributed by atoms with E-state index in [4.69, 9.17) is 9.05 Å². The Bertz CT molecular complexity index is 1010. The molecule has 0 saturated heterocycles. The molecule has 1 aromatic carbocycles. The highest BCUT2D eigenvalue weighted by Crippen LogP contribution is 2.58. The first-order valence-electron chi connectivity index (χ1n) is 12.7. The van der Waals surface area contributed by atoms with E-state index < -0.39 is 8.69 Å². The summed E-state index contributed by atoms with van der Waals surface area (Å²) < 4.78 is 27.7. The van der Waals surface area contributed by atoms with Crippen LogP contribution in [0.4, 0.5) is 4.20 Å². The first kappa shape index (κ1) is 27.3. The summed E-state index contributed by atoms with van der Waals surface area (Å²) in [5.41, 5.74) is 5.60. The van der Waals surface area contributed by atoms with E-state index in [0.717, 1.165) is 28.9 Å². The summed E-state index contributed by atoms with van der Waals surface area (Å²) in [5.74, 6) is 1.66. The Morgan fingerprint density at radius 3 is 1.85 bits per heavy atom. The molecule has 2 nitrogen and oxygen atoms in total. The van der Waals surface area contributed by atoms with E-state index in [0.29, 0.717) is 5.75 Å². The Morgan fingerprint density at radius 1 is 0.794 bits per heavy atom. The van der Waals surface area contributed by atoms with E-state index in [9.17, 15) is 0 Å². The molecule has 0 amide bonds. The molecule has 190 valence electrons. The Kier molecular flexibility index (Phi) is 6.93. The van der Waals surface area contributed by atoms with Crippen molar-refractivity contribution in [3.63, 3.8) is 0 Å². The molecular weight excluding hydrogens is 442 g/mol. The lowest BCUT2D eigenvalue weighted by Crippen LogP contribution is -2.29. The number of hydrogen-bond acceptors (Lipinski definition) is 2. The van der Waals surface area contributed by atoms with Crippen molar-refractivity contribution in [3.05, 3.63) is 51.8 Å². The molecule has 0 bridgehead atoms. The van der Waals surface area contributed by atoms with Crippen molar-refractivity contribution in [2.45, 2.75) is 113 Å². The van der Waals surface area contributed by atoms with Gasteiger partial charge in [-0.2, -0.15) is 0 Å². The molecule has 2 aliphatic rings. The second-order valence-electron chi connectivity index (χ2n) is 14.4. The van der Waals surface area contributed by atoms with Crippen molar-refractivity contribution in [2.75, 3.05) is 0 Å². The molecule has 1 aromatic rings. The quantitative estimate of drug-likeness (QED) is 0.338. The van der Waals surface area contributed by atoms with Gasteiger partial charge in [0.15, 0.2) is 0 Å². The highest BCUT2D eigenvalue weighted by molar-refractivity contribution is 7.41. The first-order chi connectivity index (χ1) is 15.2. The Balaban J connectivity index is 2.34. The minimum absolute atomic E-state index is 0.0215. The maximum Gasteiger partial charge on any atom is 0.505 e. The van der Waals surface area contributed by atoms with Crippen molar-refractivity contribution in [1.82, 2.24) is 0 Å². The molecule has 3 atom stereocenters. The molecule has 1 aliphatic heterocycles. The number of halogens is 1. The van der Waals surface area contributed by atoms with E-state index >= 15 is 4.20 Å². The fourth-order valence-electron chi connectivity index (χ4n) is 4.93. The van der Waals surface area contributed by atoms with Crippen molar-refractivity contribution < 1.29 is 13.2 Å². The monoisotopic (exact) mass is 488 g/mol. The number of benzene rings is 1. The SMILES string of the molecule is CC1c2cc(C(C)(C)C)cc(C(C)(C)C)c2OP(F)OC2=C(C(C)(C)C)C=C(C(C)(C)C)CC21. The van der Waals surface area contributed by atoms with Crippen molar-refractivity contribution in [2.24, 2.45) is 16.7 Å². The fourth-order valence-corrected chi connectivity index (χ4v) is 5.70. The Hall–Kier alpha value is -1.34. The number of rotatable bonds is 0. The first-order valence-corrected chi connectivity index (χ1v) is 13.7. The lowest BCUT2D eigenvalue weighted by Gasteiger charge is -2.41. The van der Waals surface area contributed by atoms with Gasteiger partial charge >= 0.3 is 8.69 Å². The zero-order valence-electron chi connectivity index (χ0n) is 23.7. The van der Waals surface area contributed by atoms with Gasteiger partial charge in [-0.05, 0) is 50.7 Å². The second-order valence-corrected chi connectivity index (χ2v) is 15.2. The van der Waals surface area contributed by atoms with Gasteiger partial charge in [-0.1, -0.05) is 114 Å². The molecule has 0 radical (unpaired) electrons.